The average Bonchev–Trinajstić information content (AvgIpc) is 3.00. The van der Waals surface area contributed by atoms with E-state index in [1.807, 2.05) is 0 Å². The number of halogens is 4. The number of benzene rings is 1. The first-order valence-electron chi connectivity index (χ1n) is 7.29. The van der Waals surface area contributed by atoms with Crippen LogP contribution in [0.15, 0.2) is 33.4 Å². The molecule has 0 unspecified atom stereocenters. The second-order valence-corrected chi connectivity index (χ2v) is 8.62. The van der Waals surface area contributed by atoms with E-state index in [-0.39, 0.29) is 5.00 Å². The van der Waals surface area contributed by atoms with Crippen LogP contribution in [0.1, 0.15) is 15.9 Å². The maximum Gasteiger partial charge on any atom is 0.393 e. The van der Waals surface area contributed by atoms with Crippen LogP contribution >= 0.6 is 11.3 Å². The van der Waals surface area contributed by atoms with E-state index in [0.717, 1.165) is 6.07 Å². The summed E-state index contributed by atoms with van der Waals surface area (Å²) < 4.78 is 76.8. The van der Waals surface area contributed by atoms with Gasteiger partial charge in [0.1, 0.15) is 21.6 Å². The van der Waals surface area contributed by atoms with Crippen molar-refractivity contribution in [3.63, 3.8) is 0 Å². The quantitative estimate of drug-likeness (QED) is 0.591. The van der Waals surface area contributed by atoms with Crippen molar-refractivity contribution in [1.82, 2.24) is 0 Å². The van der Waals surface area contributed by atoms with Gasteiger partial charge in [-0.3, -0.25) is 9.59 Å². The maximum atomic E-state index is 13.6. The van der Waals surface area contributed by atoms with Crippen molar-refractivity contribution in [1.29, 1.82) is 0 Å². The number of thiophene rings is 1. The van der Waals surface area contributed by atoms with Crippen molar-refractivity contribution in [2.75, 3.05) is 11.9 Å². The molecule has 1 aromatic carbocycles. The average molecular weight is 440 g/mol. The molecular formula is C15H12F4N2O5S2. The van der Waals surface area contributed by atoms with Gasteiger partial charge in [0.15, 0.2) is 0 Å². The third-order valence-electron chi connectivity index (χ3n) is 3.35. The molecule has 2 amide bonds. The molecule has 2 aromatic rings. The first-order chi connectivity index (χ1) is 12.8. The molecule has 1 heterocycles. The molecule has 0 spiro atoms. The lowest BCUT2D eigenvalue weighted by Gasteiger charge is -2.12. The summed E-state index contributed by atoms with van der Waals surface area (Å²) in [6.07, 6.45) is -6.37. The van der Waals surface area contributed by atoms with Crippen LogP contribution < -0.4 is 11.1 Å². The molecule has 0 aliphatic carbocycles. The molecular weight excluding hydrogens is 428 g/mol. The zero-order valence-electron chi connectivity index (χ0n) is 13.7. The van der Waals surface area contributed by atoms with Crippen LogP contribution in [0.4, 0.5) is 22.6 Å². The number of nitrogens with two attached hydrogens (primary N) is 1. The minimum absolute atomic E-state index is 0.320. The van der Waals surface area contributed by atoms with E-state index in [1.165, 1.54) is 0 Å². The summed E-state index contributed by atoms with van der Waals surface area (Å²) in [5.41, 5.74) is 3.99. The molecule has 13 heteroatoms. The summed E-state index contributed by atoms with van der Waals surface area (Å²) >= 11 is 0.330. The number of aliphatic hydroxyl groups is 1. The number of alkyl halides is 3. The van der Waals surface area contributed by atoms with Crippen LogP contribution in [0.3, 0.4) is 0 Å². The van der Waals surface area contributed by atoms with E-state index in [4.69, 9.17) is 10.8 Å². The monoisotopic (exact) mass is 440 g/mol. The zero-order valence-corrected chi connectivity index (χ0v) is 15.3. The van der Waals surface area contributed by atoms with Crippen molar-refractivity contribution in [2.45, 2.75) is 21.7 Å². The number of hydrogen-bond donors (Lipinski definition) is 3. The van der Waals surface area contributed by atoms with Crippen molar-refractivity contribution in [3.05, 3.63) is 41.2 Å². The van der Waals surface area contributed by atoms with Gasteiger partial charge in [0.25, 0.3) is 11.8 Å². The fraction of sp³-hybridized carbons (Fsp3) is 0.200. The lowest BCUT2D eigenvalue weighted by atomic mass is 10.1. The number of anilines is 1. The van der Waals surface area contributed by atoms with Gasteiger partial charge in [0.05, 0.1) is 16.9 Å². The zero-order chi connectivity index (χ0) is 21.3. The van der Waals surface area contributed by atoms with E-state index in [2.05, 4.69) is 5.32 Å². The van der Waals surface area contributed by atoms with Gasteiger partial charge in [0, 0.05) is 0 Å². The SMILES string of the molecule is NC(=O)c1cc(S(=O)(=O)c2cc(F)ccc2CC(F)(F)F)sc1NC(=O)CO. The van der Waals surface area contributed by atoms with Crippen molar-refractivity contribution in [3.8, 4) is 0 Å². The molecule has 4 N–H and O–H groups in total. The van der Waals surface area contributed by atoms with Crippen LogP contribution in [0.25, 0.3) is 0 Å². The number of nitrogens with one attached hydrogen (secondary N) is 1. The van der Waals surface area contributed by atoms with Gasteiger partial charge in [-0.25, -0.2) is 12.8 Å². The Bertz CT molecular complexity index is 1030. The molecule has 1 aromatic heterocycles. The van der Waals surface area contributed by atoms with Crippen LogP contribution in [0.5, 0.6) is 0 Å². The van der Waals surface area contributed by atoms with E-state index in [1.54, 1.807) is 0 Å². The first kappa shape index (κ1) is 21.8. The summed E-state index contributed by atoms with van der Waals surface area (Å²) in [6, 6.07) is 2.59. The molecule has 0 bridgehead atoms. The molecule has 0 aliphatic rings. The maximum absolute atomic E-state index is 13.6. The van der Waals surface area contributed by atoms with E-state index in [0.29, 0.717) is 29.5 Å². The number of amides is 2. The van der Waals surface area contributed by atoms with Crippen molar-refractivity contribution < 1.29 is 40.7 Å². The van der Waals surface area contributed by atoms with E-state index >= 15 is 0 Å². The molecule has 0 aliphatic heterocycles. The highest BCUT2D eigenvalue weighted by Gasteiger charge is 2.33. The number of carbonyl (C=O) groups is 2. The predicted octanol–water partition coefficient (Wildman–Crippen LogP) is 1.85. The van der Waals surface area contributed by atoms with Gasteiger partial charge in [-0.1, -0.05) is 6.07 Å². The highest BCUT2D eigenvalue weighted by molar-refractivity contribution is 7.93. The lowest BCUT2D eigenvalue weighted by Crippen LogP contribution is -2.18. The molecule has 2 rings (SSSR count). The van der Waals surface area contributed by atoms with Crippen LogP contribution in [-0.4, -0.2) is 38.1 Å². The molecule has 0 fully saturated rings. The minimum Gasteiger partial charge on any atom is -0.387 e. The number of sulfone groups is 1. The Balaban J connectivity index is 2.62. The summed E-state index contributed by atoms with van der Waals surface area (Å²) in [4.78, 5) is 21.9. The second-order valence-electron chi connectivity index (χ2n) is 5.43. The molecule has 0 saturated heterocycles. The third-order valence-corrected chi connectivity index (χ3v) is 6.71. The molecule has 7 nitrogen and oxygen atoms in total. The van der Waals surface area contributed by atoms with Crippen LogP contribution in [0.2, 0.25) is 0 Å². The smallest absolute Gasteiger partial charge is 0.387 e. The lowest BCUT2D eigenvalue weighted by molar-refractivity contribution is -0.127. The molecule has 152 valence electrons. The number of rotatable bonds is 6. The standard InChI is InChI=1S/C15H12F4N2O5S2/c16-8-2-1-7(5-15(17,18)19)10(3-8)28(25,26)12-4-9(13(20)24)14(27-12)21-11(23)6-22/h1-4,22H,5-6H2,(H2,20,24)(H,21,23). The van der Waals surface area contributed by atoms with Crippen molar-refractivity contribution in [2.24, 2.45) is 5.73 Å². The third kappa shape index (κ3) is 4.85. The van der Waals surface area contributed by atoms with Gasteiger partial charge in [0.2, 0.25) is 9.84 Å². The Morgan fingerprint density at radius 1 is 1.21 bits per heavy atom. The molecule has 28 heavy (non-hydrogen) atoms. The number of hydrogen-bond acceptors (Lipinski definition) is 6. The van der Waals surface area contributed by atoms with E-state index in [9.17, 15) is 35.6 Å². The van der Waals surface area contributed by atoms with E-state index < -0.39 is 66.9 Å². The van der Waals surface area contributed by atoms with Gasteiger partial charge in [-0.15, -0.1) is 11.3 Å². The fourth-order valence-electron chi connectivity index (χ4n) is 2.19. The van der Waals surface area contributed by atoms with Gasteiger partial charge >= 0.3 is 6.18 Å². The second kappa shape index (κ2) is 7.85. The normalized spacial score (nSPS) is 12.0. The Hall–Kier alpha value is -2.51. The number of aliphatic hydroxyl groups excluding tert-OH is 1. The Morgan fingerprint density at radius 2 is 1.86 bits per heavy atom. The van der Waals surface area contributed by atoms with Gasteiger partial charge in [-0.2, -0.15) is 13.2 Å². The number of carbonyl (C=O) groups excluding carboxylic acids is 2. The van der Waals surface area contributed by atoms with Crippen molar-refractivity contribution >= 4 is 38.0 Å². The van der Waals surface area contributed by atoms with Gasteiger partial charge in [-0.05, 0) is 23.8 Å². The number of primary amides is 1. The predicted molar refractivity (Wildman–Crippen MR) is 90.2 cm³/mol. The van der Waals surface area contributed by atoms with Gasteiger partial charge < -0.3 is 16.2 Å². The Labute approximate surface area is 159 Å². The Kier molecular flexibility index (Phi) is 6.11. The fourth-order valence-corrected chi connectivity index (χ4v) is 5.21. The Morgan fingerprint density at radius 3 is 2.39 bits per heavy atom. The van der Waals surface area contributed by atoms with Crippen LogP contribution in [0, 0.1) is 5.82 Å². The summed E-state index contributed by atoms with van der Waals surface area (Å²) in [5, 5.41) is 10.5. The minimum atomic E-state index is -4.75. The summed E-state index contributed by atoms with van der Waals surface area (Å²) in [5.74, 6) is -3.18. The summed E-state index contributed by atoms with van der Waals surface area (Å²) in [7, 11) is -4.69. The molecule has 0 radical (unpaired) electrons. The molecule has 0 atom stereocenters. The summed E-state index contributed by atoms with van der Waals surface area (Å²) in [6.45, 7) is -0.974. The highest BCUT2D eigenvalue weighted by atomic mass is 32.2. The largest absolute Gasteiger partial charge is 0.393 e. The highest BCUT2D eigenvalue weighted by Crippen LogP contribution is 2.37. The first-order valence-corrected chi connectivity index (χ1v) is 9.59. The molecule has 0 saturated carbocycles. The van der Waals surface area contributed by atoms with Crippen LogP contribution in [-0.2, 0) is 21.1 Å². The topological polar surface area (TPSA) is 127 Å².